The van der Waals surface area contributed by atoms with Gasteiger partial charge in [-0.25, -0.2) is 14.5 Å². The summed E-state index contributed by atoms with van der Waals surface area (Å²) >= 11 is 0. The predicted molar refractivity (Wildman–Crippen MR) is 181 cm³/mol. The fourth-order valence-corrected chi connectivity index (χ4v) is 4.62. The van der Waals surface area contributed by atoms with Crippen molar-refractivity contribution in [1.82, 2.24) is 25.3 Å². The summed E-state index contributed by atoms with van der Waals surface area (Å²) in [6.45, 7) is 12.4. The van der Waals surface area contributed by atoms with Crippen molar-refractivity contribution in [2.45, 2.75) is 117 Å². The Balaban J connectivity index is 2.93. The van der Waals surface area contributed by atoms with E-state index in [4.69, 9.17) is 14.9 Å². The Bertz CT molecular complexity index is 1150. The summed E-state index contributed by atoms with van der Waals surface area (Å²) in [5, 5.41) is 13.6. The van der Waals surface area contributed by atoms with Crippen molar-refractivity contribution in [1.29, 1.82) is 5.41 Å². The van der Waals surface area contributed by atoms with E-state index in [1.807, 2.05) is 19.0 Å². The number of alkyl carbamates (subject to hydrolysis) is 1. The molecule has 12 nitrogen and oxygen atoms in total. The predicted octanol–water partition coefficient (Wildman–Crippen LogP) is 4.94. The lowest BCUT2D eigenvalue weighted by Crippen LogP contribution is -2.52. The number of carbonyl (C=O) groups excluding carboxylic acids is 4. The van der Waals surface area contributed by atoms with Crippen molar-refractivity contribution in [2.24, 2.45) is 0 Å². The lowest BCUT2D eigenvalue weighted by atomic mass is 10.0. The van der Waals surface area contributed by atoms with Gasteiger partial charge in [0.25, 0.3) is 0 Å². The molecule has 46 heavy (non-hydrogen) atoms. The Kier molecular flexibility index (Phi) is 16.2. The molecular formula is C34H58N6O6. The van der Waals surface area contributed by atoms with Gasteiger partial charge >= 0.3 is 12.2 Å². The minimum Gasteiger partial charge on any atom is -0.444 e. The zero-order valence-corrected chi connectivity index (χ0v) is 29.9. The number of rotatable bonds is 14. The van der Waals surface area contributed by atoms with E-state index in [9.17, 15) is 19.2 Å². The molecule has 1 rings (SSSR count). The van der Waals surface area contributed by atoms with Crippen LogP contribution in [0.3, 0.4) is 0 Å². The van der Waals surface area contributed by atoms with E-state index in [2.05, 4.69) is 41.8 Å². The maximum Gasteiger partial charge on any atom is 0.417 e. The molecule has 0 radical (unpaired) electrons. The van der Waals surface area contributed by atoms with Gasteiger partial charge in [0, 0.05) is 20.6 Å². The molecular weight excluding hydrogens is 588 g/mol. The third-order valence-corrected chi connectivity index (χ3v) is 6.88. The molecule has 0 unspecified atom stereocenters. The minimum atomic E-state index is -0.866. The number of carbonyl (C=O) groups is 4. The SMILES string of the molecule is CCCc1ccc(CC[C@@H](C(=O)N[C@@H](CCCCN(C(=N)NC(=O)OC(C)(C)C)C(=O)OC(C)(C)C)C(=O)N(C)C)N(C)C)cc1. The van der Waals surface area contributed by atoms with Crippen molar-refractivity contribution in [3.63, 3.8) is 0 Å². The number of hydrogen-bond acceptors (Lipinski definition) is 8. The number of benzene rings is 1. The highest BCUT2D eigenvalue weighted by Crippen LogP contribution is 2.15. The van der Waals surface area contributed by atoms with Gasteiger partial charge in [0.2, 0.25) is 17.8 Å². The van der Waals surface area contributed by atoms with Gasteiger partial charge in [-0.15, -0.1) is 0 Å². The van der Waals surface area contributed by atoms with Gasteiger partial charge in [0.15, 0.2) is 0 Å². The van der Waals surface area contributed by atoms with Gasteiger partial charge in [-0.05, 0) is 105 Å². The first-order valence-corrected chi connectivity index (χ1v) is 16.1. The second kappa shape index (κ2) is 18.5. The Morgan fingerprint density at radius 1 is 0.826 bits per heavy atom. The molecule has 0 spiro atoms. The van der Waals surface area contributed by atoms with Gasteiger partial charge < -0.3 is 19.7 Å². The number of ether oxygens (including phenoxy) is 2. The lowest BCUT2D eigenvalue weighted by molar-refractivity contribution is -0.136. The van der Waals surface area contributed by atoms with E-state index < -0.39 is 41.4 Å². The van der Waals surface area contributed by atoms with Crippen molar-refractivity contribution < 1.29 is 28.7 Å². The van der Waals surface area contributed by atoms with Gasteiger partial charge in [0.1, 0.15) is 17.2 Å². The van der Waals surface area contributed by atoms with Crippen molar-refractivity contribution in [3.8, 4) is 0 Å². The molecule has 0 aromatic heterocycles. The van der Waals surface area contributed by atoms with Crippen LogP contribution in [0.2, 0.25) is 0 Å². The number of hydrogen-bond donors (Lipinski definition) is 3. The smallest absolute Gasteiger partial charge is 0.417 e. The molecule has 1 aromatic carbocycles. The standard InChI is InChI=1S/C34H58N6O6/c1-12-15-24-17-19-25(20-18-24)21-22-27(38(8)9)28(41)36-26(29(42)39(10)11)16-13-14-23-40(32(44)46-34(5,6)7)30(35)37-31(43)45-33(2,3)4/h17-20,26-27H,12-16,21-23H2,1-11H3,(H,36,41)(H2,35,37,43)/t26-,27-/m0/s1. The summed E-state index contributed by atoms with van der Waals surface area (Å²) < 4.78 is 10.7. The largest absolute Gasteiger partial charge is 0.444 e. The summed E-state index contributed by atoms with van der Waals surface area (Å²) in [4.78, 5) is 56.1. The van der Waals surface area contributed by atoms with E-state index >= 15 is 0 Å². The molecule has 0 saturated carbocycles. The molecule has 0 aliphatic carbocycles. The fourth-order valence-electron chi connectivity index (χ4n) is 4.62. The second-order valence-corrected chi connectivity index (χ2v) is 14.0. The zero-order chi connectivity index (χ0) is 35.2. The quantitative estimate of drug-likeness (QED) is 0.148. The third-order valence-electron chi connectivity index (χ3n) is 6.88. The number of nitrogens with zero attached hydrogens (tertiary/aromatic N) is 3. The summed E-state index contributed by atoms with van der Waals surface area (Å²) in [5.74, 6) is -0.946. The number of aryl methyl sites for hydroxylation is 2. The molecule has 4 amide bonds. The highest BCUT2D eigenvalue weighted by atomic mass is 16.6. The molecule has 1 aromatic rings. The van der Waals surface area contributed by atoms with Crippen LogP contribution in [0, 0.1) is 5.41 Å². The van der Waals surface area contributed by atoms with E-state index in [1.165, 1.54) is 10.5 Å². The minimum absolute atomic E-state index is 0.0394. The highest BCUT2D eigenvalue weighted by molar-refractivity contribution is 5.99. The van der Waals surface area contributed by atoms with E-state index in [0.29, 0.717) is 25.7 Å². The summed E-state index contributed by atoms with van der Waals surface area (Å²) in [6, 6.07) is 7.28. The summed E-state index contributed by atoms with van der Waals surface area (Å²) in [7, 11) is 6.98. The van der Waals surface area contributed by atoms with Gasteiger partial charge in [0.05, 0.1) is 6.04 Å². The van der Waals surface area contributed by atoms with E-state index in [-0.39, 0.29) is 18.4 Å². The lowest BCUT2D eigenvalue weighted by Gasteiger charge is -2.29. The van der Waals surface area contributed by atoms with Crippen LogP contribution < -0.4 is 10.6 Å². The third kappa shape index (κ3) is 15.6. The van der Waals surface area contributed by atoms with Crippen LogP contribution in [0.4, 0.5) is 9.59 Å². The van der Waals surface area contributed by atoms with E-state index in [1.54, 1.807) is 55.6 Å². The number of guanidine groups is 1. The van der Waals surface area contributed by atoms with Gasteiger partial charge in [-0.1, -0.05) is 37.6 Å². The zero-order valence-electron chi connectivity index (χ0n) is 29.9. The first-order valence-electron chi connectivity index (χ1n) is 16.1. The van der Waals surface area contributed by atoms with Gasteiger partial charge in [-0.3, -0.25) is 25.2 Å². The maximum atomic E-state index is 13.5. The Morgan fingerprint density at radius 3 is 1.85 bits per heavy atom. The normalized spacial score (nSPS) is 13.0. The molecule has 0 saturated heterocycles. The van der Waals surface area contributed by atoms with Crippen LogP contribution in [0.5, 0.6) is 0 Å². The van der Waals surface area contributed by atoms with Crippen LogP contribution in [0.15, 0.2) is 24.3 Å². The van der Waals surface area contributed by atoms with Crippen molar-refractivity contribution in [3.05, 3.63) is 35.4 Å². The molecule has 0 aliphatic rings. The highest BCUT2D eigenvalue weighted by Gasteiger charge is 2.30. The first kappa shape index (κ1) is 40.4. The van der Waals surface area contributed by atoms with Crippen LogP contribution in [0.25, 0.3) is 0 Å². The molecule has 0 aliphatic heterocycles. The van der Waals surface area contributed by atoms with E-state index in [0.717, 1.165) is 29.7 Å². The topological polar surface area (TPSA) is 144 Å². The van der Waals surface area contributed by atoms with Crippen LogP contribution in [-0.4, -0.2) is 103 Å². The fraction of sp³-hybridized carbons (Fsp3) is 0.676. The molecule has 0 bridgehead atoms. The van der Waals surface area contributed by atoms with Crippen LogP contribution in [0.1, 0.15) is 91.7 Å². The van der Waals surface area contributed by atoms with Crippen molar-refractivity contribution >= 4 is 30.0 Å². The van der Waals surface area contributed by atoms with Crippen LogP contribution >= 0.6 is 0 Å². The Labute approximate surface area is 276 Å². The average Bonchev–Trinajstić information content (AvgIpc) is 2.90. The Morgan fingerprint density at radius 2 is 1.37 bits per heavy atom. The molecule has 3 N–H and O–H groups in total. The Hall–Kier alpha value is -3.67. The average molecular weight is 647 g/mol. The number of likely N-dealkylation sites (N-methyl/N-ethyl adjacent to an activating group) is 2. The van der Waals surface area contributed by atoms with Crippen molar-refractivity contribution in [2.75, 3.05) is 34.7 Å². The molecule has 260 valence electrons. The summed E-state index contributed by atoms with van der Waals surface area (Å²) in [5.41, 5.74) is 0.840. The first-order chi connectivity index (χ1) is 21.2. The molecule has 0 fully saturated rings. The van der Waals surface area contributed by atoms with Crippen LogP contribution in [-0.2, 0) is 31.9 Å². The summed E-state index contributed by atoms with van der Waals surface area (Å²) in [6.07, 6.45) is 2.91. The monoisotopic (exact) mass is 646 g/mol. The number of amides is 4. The maximum absolute atomic E-state index is 13.5. The number of unbranched alkanes of at least 4 members (excludes halogenated alkanes) is 1. The number of nitrogens with one attached hydrogen (secondary N) is 3. The molecule has 2 atom stereocenters. The second-order valence-electron chi connectivity index (χ2n) is 14.0. The molecule has 12 heteroatoms. The molecule has 0 heterocycles. The van der Waals surface area contributed by atoms with Gasteiger partial charge in [-0.2, -0.15) is 0 Å².